The Morgan fingerprint density at radius 3 is 2.53 bits per heavy atom. The van der Waals surface area contributed by atoms with E-state index in [-0.39, 0.29) is 11.3 Å². The molecule has 0 aliphatic heterocycles. The van der Waals surface area contributed by atoms with Crippen molar-refractivity contribution in [3.05, 3.63) is 17.5 Å². The van der Waals surface area contributed by atoms with E-state index in [1.165, 1.54) is 0 Å². The molecule has 1 aromatic rings. The van der Waals surface area contributed by atoms with Crippen molar-refractivity contribution >= 4 is 5.91 Å². The highest BCUT2D eigenvalue weighted by atomic mass is 16.2. The summed E-state index contributed by atoms with van der Waals surface area (Å²) in [5, 5.41) is 10.6. The Balaban J connectivity index is 2.55. The molecule has 0 radical (unpaired) electrons. The highest BCUT2D eigenvalue weighted by molar-refractivity contribution is 5.92. The molecular formula is C14H26N4O. The molecule has 0 saturated carbocycles. The van der Waals surface area contributed by atoms with Crippen LogP contribution in [0.2, 0.25) is 0 Å². The second-order valence-corrected chi connectivity index (χ2v) is 5.79. The van der Waals surface area contributed by atoms with Gasteiger partial charge < -0.3 is 10.6 Å². The molecule has 1 heterocycles. The molecule has 0 fully saturated rings. The van der Waals surface area contributed by atoms with E-state index in [1.807, 2.05) is 6.07 Å². The van der Waals surface area contributed by atoms with Crippen LogP contribution in [0.15, 0.2) is 6.07 Å². The molecule has 0 aliphatic rings. The molecule has 0 bridgehead atoms. The Morgan fingerprint density at radius 1 is 1.32 bits per heavy atom. The van der Waals surface area contributed by atoms with Crippen molar-refractivity contribution in [3.8, 4) is 0 Å². The van der Waals surface area contributed by atoms with Crippen molar-refractivity contribution in [1.29, 1.82) is 0 Å². The minimum atomic E-state index is -0.0659. The van der Waals surface area contributed by atoms with Gasteiger partial charge in [0.25, 0.3) is 5.91 Å². The molecule has 19 heavy (non-hydrogen) atoms. The van der Waals surface area contributed by atoms with Gasteiger partial charge in [0, 0.05) is 25.6 Å². The first-order chi connectivity index (χ1) is 8.86. The predicted octanol–water partition coefficient (Wildman–Crippen LogP) is 1.45. The van der Waals surface area contributed by atoms with E-state index in [4.69, 9.17) is 0 Å². The fourth-order valence-electron chi connectivity index (χ4n) is 1.70. The molecule has 1 aromatic heterocycles. The molecule has 108 valence electrons. The average Bonchev–Trinajstić information content (AvgIpc) is 2.70. The summed E-state index contributed by atoms with van der Waals surface area (Å²) in [4.78, 5) is 12.0. The van der Waals surface area contributed by atoms with Gasteiger partial charge in [0.05, 0.1) is 5.69 Å². The van der Waals surface area contributed by atoms with E-state index in [2.05, 4.69) is 43.4 Å². The Bertz CT molecular complexity index is 418. The van der Waals surface area contributed by atoms with Crippen molar-refractivity contribution in [2.24, 2.45) is 7.05 Å². The second-order valence-electron chi connectivity index (χ2n) is 5.79. The molecule has 0 saturated heterocycles. The number of nitrogens with one attached hydrogen (secondary N) is 2. The number of rotatable bonds is 6. The number of aryl methyl sites for hydroxylation is 1. The van der Waals surface area contributed by atoms with Crippen LogP contribution in [0.25, 0.3) is 0 Å². The van der Waals surface area contributed by atoms with Crippen LogP contribution < -0.4 is 10.6 Å². The Kier molecular flexibility index (Phi) is 5.54. The maximum Gasteiger partial charge on any atom is 0.269 e. The zero-order valence-electron chi connectivity index (χ0n) is 12.7. The SMILES string of the molecule is CCCNCCNC(=O)c1cc(C(C)(C)C)nn1C. The minimum absolute atomic E-state index is 0.0427. The summed E-state index contributed by atoms with van der Waals surface area (Å²) in [7, 11) is 1.81. The highest BCUT2D eigenvalue weighted by Gasteiger charge is 2.21. The third-order valence-electron chi connectivity index (χ3n) is 2.89. The van der Waals surface area contributed by atoms with Gasteiger partial charge in [-0.3, -0.25) is 9.48 Å². The van der Waals surface area contributed by atoms with Gasteiger partial charge in [-0.2, -0.15) is 5.10 Å². The van der Waals surface area contributed by atoms with Gasteiger partial charge in [-0.25, -0.2) is 0 Å². The number of hydrogen-bond acceptors (Lipinski definition) is 3. The second kappa shape index (κ2) is 6.70. The normalized spacial score (nSPS) is 11.6. The van der Waals surface area contributed by atoms with Gasteiger partial charge >= 0.3 is 0 Å². The molecule has 1 amide bonds. The third kappa shape index (κ3) is 4.67. The Morgan fingerprint density at radius 2 is 2.00 bits per heavy atom. The lowest BCUT2D eigenvalue weighted by molar-refractivity contribution is 0.0944. The van der Waals surface area contributed by atoms with E-state index in [0.717, 1.165) is 25.2 Å². The topological polar surface area (TPSA) is 58.9 Å². The van der Waals surface area contributed by atoms with Gasteiger partial charge in [0.2, 0.25) is 0 Å². The average molecular weight is 266 g/mol. The maximum absolute atomic E-state index is 12.0. The lowest BCUT2D eigenvalue weighted by Crippen LogP contribution is -2.33. The first-order valence-corrected chi connectivity index (χ1v) is 6.89. The van der Waals surface area contributed by atoms with Gasteiger partial charge in [0.15, 0.2) is 0 Å². The molecule has 0 aromatic carbocycles. The summed E-state index contributed by atoms with van der Waals surface area (Å²) >= 11 is 0. The smallest absolute Gasteiger partial charge is 0.269 e. The van der Waals surface area contributed by atoms with Gasteiger partial charge in [-0.05, 0) is 19.0 Å². The van der Waals surface area contributed by atoms with Crippen molar-refractivity contribution in [1.82, 2.24) is 20.4 Å². The monoisotopic (exact) mass is 266 g/mol. The zero-order chi connectivity index (χ0) is 14.5. The first kappa shape index (κ1) is 15.7. The van der Waals surface area contributed by atoms with E-state index >= 15 is 0 Å². The number of carbonyl (C=O) groups is 1. The molecule has 0 atom stereocenters. The van der Waals surface area contributed by atoms with Crippen LogP contribution in [0.1, 0.15) is 50.3 Å². The van der Waals surface area contributed by atoms with Crippen molar-refractivity contribution in [3.63, 3.8) is 0 Å². The van der Waals surface area contributed by atoms with Crippen LogP contribution in [0.3, 0.4) is 0 Å². The summed E-state index contributed by atoms with van der Waals surface area (Å²) in [6.45, 7) is 10.8. The van der Waals surface area contributed by atoms with Gasteiger partial charge in [-0.1, -0.05) is 27.7 Å². The maximum atomic E-state index is 12.0. The van der Waals surface area contributed by atoms with E-state index in [0.29, 0.717) is 12.2 Å². The summed E-state index contributed by atoms with van der Waals surface area (Å²) in [5.74, 6) is -0.0659. The lowest BCUT2D eigenvalue weighted by Gasteiger charge is -2.13. The summed E-state index contributed by atoms with van der Waals surface area (Å²) in [5.41, 5.74) is 1.50. The fourth-order valence-corrected chi connectivity index (χ4v) is 1.70. The molecule has 5 heteroatoms. The molecule has 5 nitrogen and oxygen atoms in total. The number of hydrogen-bond donors (Lipinski definition) is 2. The lowest BCUT2D eigenvalue weighted by atomic mass is 9.92. The Hall–Kier alpha value is -1.36. The molecule has 2 N–H and O–H groups in total. The zero-order valence-corrected chi connectivity index (χ0v) is 12.7. The molecule has 1 rings (SSSR count). The van der Waals surface area contributed by atoms with E-state index < -0.39 is 0 Å². The number of amides is 1. The minimum Gasteiger partial charge on any atom is -0.349 e. The molecular weight excluding hydrogens is 240 g/mol. The Labute approximate surface area is 115 Å². The quantitative estimate of drug-likeness (QED) is 0.766. The highest BCUT2D eigenvalue weighted by Crippen LogP contribution is 2.21. The number of aromatic nitrogens is 2. The standard InChI is InChI=1S/C14H26N4O/c1-6-7-15-8-9-16-13(19)11-10-12(14(2,3)4)17-18(11)5/h10,15H,6-9H2,1-5H3,(H,16,19). The third-order valence-corrected chi connectivity index (χ3v) is 2.89. The van der Waals surface area contributed by atoms with Crippen molar-refractivity contribution in [2.75, 3.05) is 19.6 Å². The van der Waals surface area contributed by atoms with Gasteiger partial charge in [0.1, 0.15) is 5.69 Å². The van der Waals surface area contributed by atoms with E-state index in [1.54, 1.807) is 11.7 Å². The first-order valence-electron chi connectivity index (χ1n) is 6.89. The van der Waals surface area contributed by atoms with Crippen LogP contribution in [0, 0.1) is 0 Å². The molecule has 0 spiro atoms. The summed E-state index contributed by atoms with van der Waals surface area (Å²) in [6, 6.07) is 1.87. The van der Waals surface area contributed by atoms with Crippen molar-refractivity contribution < 1.29 is 4.79 Å². The molecule has 0 aliphatic carbocycles. The predicted molar refractivity (Wildman–Crippen MR) is 77.4 cm³/mol. The van der Waals surface area contributed by atoms with Crippen LogP contribution in [0.5, 0.6) is 0 Å². The number of nitrogens with zero attached hydrogens (tertiary/aromatic N) is 2. The van der Waals surface area contributed by atoms with Gasteiger partial charge in [-0.15, -0.1) is 0 Å². The van der Waals surface area contributed by atoms with E-state index in [9.17, 15) is 4.79 Å². The van der Waals surface area contributed by atoms with Crippen LogP contribution in [0.4, 0.5) is 0 Å². The van der Waals surface area contributed by atoms with Crippen LogP contribution >= 0.6 is 0 Å². The summed E-state index contributed by atoms with van der Waals surface area (Å²) < 4.78 is 1.65. The van der Waals surface area contributed by atoms with Crippen LogP contribution in [-0.2, 0) is 12.5 Å². The van der Waals surface area contributed by atoms with Crippen LogP contribution in [-0.4, -0.2) is 35.3 Å². The number of carbonyl (C=O) groups excluding carboxylic acids is 1. The largest absolute Gasteiger partial charge is 0.349 e. The summed E-state index contributed by atoms with van der Waals surface area (Å²) in [6.07, 6.45) is 1.10. The van der Waals surface area contributed by atoms with Crippen molar-refractivity contribution in [2.45, 2.75) is 39.5 Å². The molecule has 0 unspecified atom stereocenters. The fraction of sp³-hybridized carbons (Fsp3) is 0.714.